The van der Waals surface area contributed by atoms with Crippen LogP contribution in [-0.2, 0) is 6.54 Å². The van der Waals surface area contributed by atoms with Crippen molar-refractivity contribution in [2.45, 2.75) is 20.4 Å². The summed E-state index contributed by atoms with van der Waals surface area (Å²) in [5.74, 6) is 0.951. The van der Waals surface area contributed by atoms with E-state index in [9.17, 15) is 0 Å². The van der Waals surface area contributed by atoms with Gasteiger partial charge in [0.15, 0.2) is 0 Å². The van der Waals surface area contributed by atoms with Crippen molar-refractivity contribution in [1.29, 1.82) is 0 Å². The fraction of sp³-hybridized carbons (Fsp3) is 0.250. The summed E-state index contributed by atoms with van der Waals surface area (Å²) in [6, 6.07) is 8.02. The number of aromatic nitrogens is 2. The molecule has 0 fully saturated rings. The molecule has 0 radical (unpaired) electrons. The second kappa shape index (κ2) is 3.87. The number of hydrogen-bond acceptors (Lipinski definition) is 2. The van der Waals surface area contributed by atoms with Gasteiger partial charge in [-0.05, 0) is 37.6 Å². The first-order chi connectivity index (χ1) is 7.24. The molecule has 0 saturated carbocycles. The molecule has 2 N–H and O–H groups in total. The van der Waals surface area contributed by atoms with E-state index in [0.29, 0.717) is 6.54 Å². The average molecular weight is 201 g/mol. The minimum absolute atomic E-state index is 0.576. The van der Waals surface area contributed by atoms with Gasteiger partial charge in [0.05, 0.1) is 0 Å². The Morgan fingerprint density at radius 3 is 2.67 bits per heavy atom. The van der Waals surface area contributed by atoms with Gasteiger partial charge in [0, 0.05) is 24.1 Å². The summed E-state index contributed by atoms with van der Waals surface area (Å²) in [7, 11) is 0. The molecule has 2 heterocycles. The molecule has 0 aliphatic heterocycles. The summed E-state index contributed by atoms with van der Waals surface area (Å²) >= 11 is 0. The molecule has 2 aromatic heterocycles. The van der Waals surface area contributed by atoms with Gasteiger partial charge >= 0.3 is 0 Å². The second-order valence-corrected chi connectivity index (χ2v) is 3.62. The molecule has 3 heteroatoms. The first kappa shape index (κ1) is 9.93. The summed E-state index contributed by atoms with van der Waals surface area (Å²) < 4.78 is 2.13. The highest BCUT2D eigenvalue weighted by Crippen LogP contribution is 2.18. The van der Waals surface area contributed by atoms with Gasteiger partial charge in [-0.2, -0.15) is 0 Å². The molecule has 0 aromatic carbocycles. The molecule has 15 heavy (non-hydrogen) atoms. The molecular weight excluding hydrogens is 186 g/mol. The van der Waals surface area contributed by atoms with Crippen LogP contribution in [0.25, 0.3) is 5.82 Å². The van der Waals surface area contributed by atoms with Crippen molar-refractivity contribution < 1.29 is 0 Å². The second-order valence-electron chi connectivity index (χ2n) is 3.62. The minimum atomic E-state index is 0.576. The van der Waals surface area contributed by atoms with Crippen molar-refractivity contribution in [3.63, 3.8) is 0 Å². The van der Waals surface area contributed by atoms with E-state index in [1.165, 1.54) is 17.0 Å². The molecule has 0 aliphatic carbocycles. The molecule has 2 rings (SSSR count). The Morgan fingerprint density at radius 2 is 2.13 bits per heavy atom. The van der Waals surface area contributed by atoms with E-state index >= 15 is 0 Å². The van der Waals surface area contributed by atoms with Crippen LogP contribution in [0.3, 0.4) is 0 Å². The van der Waals surface area contributed by atoms with Gasteiger partial charge in [-0.25, -0.2) is 4.98 Å². The fourth-order valence-electron chi connectivity index (χ4n) is 1.87. The van der Waals surface area contributed by atoms with Crippen LogP contribution >= 0.6 is 0 Å². The summed E-state index contributed by atoms with van der Waals surface area (Å²) in [5.41, 5.74) is 9.20. The van der Waals surface area contributed by atoms with Crippen LogP contribution in [0.2, 0.25) is 0 Å². The summed E-state index contributed by atoms with van der Waals surface area (Å²) in [4.78, 5) is 4.34. The highest BCUT2D eigenvalue weighted by molar-refractivity contribution is 5.36. The van der Waals surface area contributed by atoms with E-state index in [1.807, 2.05) is 18.2 Å². The van der Waals surface area contributed by atoms with E-state index in [0.717, 1.165) is 5.82 Å². The molecule has 2 aromatic rings. The Morgan fingerprint density at radius 1 is 1.33 bits per heavy atom. The lowest BCUT2D eigenvalue weighted by Crippen LogP contribution is -2.03. The van der Waals surface area contributed by atoms with Crippen LogP contribution in [0.15, 0.2) is 30.5 Å². The van der Waals surface area contributed by atoms with Gasteiger partial charge in [-0.3, -0.25) is 0 Å². The van der Waals surface area contributed by atoms with Gasteiger partial charge in [0.1, 0.15) is 5.82 Å². The van der Waals surface area contributed by atoms with Gasteiger partial charge in [-0.1, -0.05) is 6.07 Å². The number of pyridine rings is 1. The quantitative estimate of drug-likeness (QED) is 0.807. The molecule has 3 nitrogen and oxygen atoms in total. The monoisotopic (exact) mass is 201 g/mol. The number of rotatable bonds is 2. The highest BCUT2D eigenvalue weighted by atomic mass is 15.1. The molecule has 0 unspecified atom stereocenters. The summed E-state index contributed by atoms with van der Waals surface area (Å²) in [6.07, 6.45) is 1.80. The number of nitrogens with zero attached hydrogens (tertiary/aromatic N) is 2. The van der Waals surface area contributed by atoms with Crippen LogP contribution in [-0.4, -0.2) is 9.55 Å². The van der Waals surface area contributed by atoms with Crippen LogP contribution in [0, 0.1) is 13.8 Å². The first-order valence-electron chi connectivity index (χ1n) is 5.03. The van der Waals surface area contributed by atoms with Crippen molar-refractivity contribution in [3.8, 4) is 5.82 Å². The third-order valence-corrected chi connectivity index (χ3v) is 2.63. The van der Waals surface area contributed by atoms with Crippen molar-refractivity contribution in [2.75, 3.05) is 0 Å². The molecule has 78 valence electrons. The number of aryl methyl sites for hydroxylation is 1. The summed E-state index contributed by atoms with van der Waals surface area (Å²) in [5, 5.41) is 0. The largest absolute Gasteiger partial charge is 0.326 e. The van der Waals surface area contributed by atoms with E-state index in [-0.39, 0.29) is 0 Å². The maximum Gasteiger partial charge on any atom is 0.136 e. The Balaban J connectivity index is 2.58. The molecule has 0 spiro atoms. The van der Waals surface area contributed by atoms with E-state index < -0.39 is 0 Å². The van der Waals surface area contributed by atoms with E-state index in [1.54, 1.807) is 6.20 Å². The molecule has 0 amide bonds. The Labute approximate surface area is 89.6 Å². The Kier molecular flexibility index (Phi) is 2.56. The lowest BCUT2D eigenvalue weighted by atomic mass is 10.2. The van der Waals surface area contributed by atoms with Crippen LogP contribution in [0.1, 0.15) is 17.0 Å². The minimum Gasteiger partial charge on any atom is -0.326 e. The molecule has 0 saturated heterocycles. The first-order valence-corrected chi connectivity index (χ1v) is 5.03. The van der Waals surface area contributed by atoms with E-state index in [4.69, 9.17) is 5.73 Å². The third-order valence-electron chi connectivity index (χ3n) is 2.63. The average Bonchev–Trinajstić information content (AvgIpc) is 2.55. The lowest BCUT2D eigenvalue weighted by Gasteiger charge is -2.07. The van der Waals surface area contributed by atoms with Crippen LogP contribution in [0.5, 0.6) is 0 Å². The van der Waals surface area contributed by atoms with Gasteiger partial charge in [0.2, 0.25) is 0 Å². The smallest absolute Gasteiger partial charge is 0.136 e. The number of nitrogens with two attached hydrogens (primary N) is 1. The normalized spacial score (nSPS) is 10.6. The predicted octanol–water partition coefficient (Wildman–Crippen LogP) is 1.95. The molecular formula is C12H15N3. The third kappa shape index (κ3) is 1.66. The Bertz CT molecular complexity index is 457. The van der Waals surface area contributed by atoms with Crippen molar-refractivity contribution in [2.24, 2.45) is 5.73 Å². The zero-order chi connectivity index (χ0) is 10.8. The highest BCUT2D eigenvalue weighted by Gasteiger charge is 2.09. The fourth-order valence-corrected chi connectivity index (χ4v) is 1.87. The standard InChI is InChI=1S/C12H15N3/c1-9-7-11(8-13)10(2)15(9)12-5-3-4-6-14-12/h3-7H,8,13H2,1-2H3. The molecule has 0 aliphatic rings. The lowest BCUT2D eigenvalue weighted by molar-refractivity contribution is 0.907. The van der Waals surface area contributed by atoms with Crippen LogP contribution < -0.4 is 5.73 Å². The zero-order valence-corrected chi connectivity index (χ0v) is 9.07. The van der Waals surface area contributed by atoms with Crippen molar-refractivity contribution in [3.05, 3.63) is 47.4 Å². The van der Waals surface area contributed by atoms with E-state index in [2.05, 4.69) is 29.5 Å². The maximum atomic E-state index is 5.68. The number of hydrogen-bond donors (Lipinski definition) is 1. The summed E-state index contributed by atoms with van der Waals surface area (Å²) in [6.45, 7) is 4.72. The van der Waals surface area contributed by atoms with Gasteiger partial charge in [-0.15, -0.1) is 0 Å². The maximum absolute atomic E-state index is 5.68. The van der Waals surface area contributed by atoms with Crippen molar-refractivity contribution in [1.82, 2.24) is 9.55 Å². The van der Waals surface area contributed by atoms with Gasteiger partial charge < -0.3 is 10.3 Å². The molecule has 0 atom stereocenters. The SMILES string of the molecule is Cc1cc(CN)c(C)n1-c1ccccn1. The Hall–Kier alpha value is -1.61. The topological polar surface area (TPSA) is 43.8 Å². The zero-order valence-electron chi connectivity index (χ0n) is 9.07. The van der Waals surface area contributed by atoms with Crippen molar-refractivity contribution >= 4 is 0 Å². The van der Waals surface area contributed by atoms with Gasteiger partial charge in [0.25, 0.3) is 0 Å². The van der Waals surface area contributed by atoms with Crippen LogP contribution in [0.4, 0.5) is 0 Å². The predicted molar refractivity (Wildman–Crippen MR) is 60.9 cm³/mol. The molecule has 0 bridgehead atoms.